The standard InChI is InChI=1S/C12H16BrClN2O2/c1-17-6-7-18-5-4-9-15-11(8-2-3-8)10(13)12(14)16-9/h8H,2-7H2,1H3. The lowest BCUT2D eigenvalue weighted by Crippen LogP contribution is -2.08. The van der Waals surface area contributed by atoms with Crippen molar-refractivity contribution in [3.8, 4) is 0 Å². The van der Waals surface area contributed by atoms with Gasteiger partial charge in [0.2, 0.25) is 0 Å². The SMILES string of the molecule is COCCOCCc1nc(Cl)c(Br)c(C2CC2)n1. The van der Waals surface area contributed by atoms with Crippen LogP contribution in [0, 0.1) is 0 Å². The molecule has 1 saturated carbocycles. The molecule has 1 aliphatic rings. The summed E-state index contributed by atoms with van der Waals surface area (Å²) in [5.41, 5.74) is 1.04. The third kappa shape index (κ3) is 3.88. The fourth-order valence-corrected chi connectivity index (χ4v) is 2.32. The largest absolute Gasteiger partial charge is 0.382 e. The van der Waals surface area contributed by atoms with Crippen LogP contribution in [0.5, 0.6) is 0 Å². The van der Waals surface area contributed by atoms with Gasteiger partial charge in [-0.3, -0.25) is 0 Å². The van der Waals surface area contributed by atoms with Crippen molar-refractivity contribution >= 4 is 27.5 Å². The molecular formula is C12H16BrClN2O2. The van der Waals surface area contributed by atoms with Gasteiger partial charge >= 0.3 is 0 Å². The summed E-state index contributed by atoms with van der Waals surface area (Å²) in [5, 5.41) is 0.499. The lowest BCUT2D eigenvalue weighted by Gasteiger charge is -2.07. The summed E-state index contributed by atoms with van der Waals surface area (Å²) >= 11 is 9.55. The van der Waals surface area contributed by atoms with Crippen molar-refractivity contribution < 1.29 is 9.47 Å². The lowest BCUT2D eigenvalue weighted by molar-refractivity contribution is 0.0716. The van der Waals surface area contributed by atoms with Crippen LogP contribution in [0.2, 0.25) is 5.15 Å². The molecule has 18 heavy (non-hydrogen) atoms. The molecule has 0 unspecified atom stereocenters. The van der Waals surface area contributed by atoms with Gasteiger partial charge < -0.3 is 9.47 Å². The van der Waals surface area contributed by atoms with Crippen LogP contribution in [0.4, 0.5) is 0 Å². The molecule has 1 heterocycles. The molecule has 0 radical (unpaired) electrons. The van der Waals surface area contributed by atoms with E-state index < -0.39 is 0 Å². The fraction of sp³-hybridized carbons (Fsp3) is 0.667. The Kier molecular flexibility index (Phi) is 5.36. The number of nitrogens with zero attached hydrogens (tertiary/aromatic N) is 2. The highest BCUT2D eigenvalue weighted by Gasteiger charge is 2.29. The Bertz CT molecular complexity index is 413. The summed E-state index contributed by atoms with van der Waals surface area (Å²) in [4.78, 5) is 8.82. The van der Waals surface area contributed by atoms with Crippen LogP contribution >= 0.6 is 27.5 Å². The smallest absolute Gasteiger partial charge is 0.147 e. The van der Waals surface area contributed by atoms with Gasteiger partial charge in [0, 0.05) is 19.4 Å². The average molecular weight is 336 g/mol. The van der Waals surface area contributed by atoms with Gasteiger partial charge in [0.1, 0.15) is 11.0 Å². The lowest BCUT2D eigenvalue weighted by atomic mass is 10.3. The number of hydrogen-bond donors (Lipinski definition) is 0. The van der Waals surface area contributed by atoms with E-state index in [2.05, 4.69) is 25.9 Å². The van der Waals surface area contributed by atoms with Gasteiger partial charge in [-0.2, -0.15) is 0 Å². The van der Waals surface area contributed by atoms with E-state index in [0.29, 0.717) is 37.3 Å². The quantitative estimate of drug-likeness (QED) is 0.567. The minimum absolute atomic E-state index is 0.499. The minimum atomic E-state index is 0.499. The zero-order valence-electron chi connectivity index (χ0n) is 10.3. The van der Waals surface area contributed by atoms with Crippen LogP contribution in [0.25, 0.3) is 0 Å². The summed E-state index contributed by atoms with van der Waals surface area (Å²) in [6.45, 7) is 1.79. The molecule has 2 rings (SSSR count). The second-order valence-corrected chi connectivity index (χ2v) is 5.41. The highest BCUT2D eigenvalue weighted by atomic mass is 79.9. The van der Waals surface area contributed by atoms with Crippen LogP contribution in [0.15, 0.2) is 4.47 Å². The maximum absolute atomic E-state index is 6.09. The van der Waals surface area contributed by atoms with E-state index in [1.54, 1.807) is 7.11 Å². The molecule has 0 saturated heterocycles. The van der Waals surface area contributed by atoms with Crippen LogP contribution in [-0.2, 0) is 15.9 Å². The molecule has 1 aromatic heterocycles. The number of ether oxygens (including phenoxy) is 2. The summed E-state index contributed by atoms with van der Waals surface area (Å²) in [6, 6.07) is 0. The van der Waals surface area contributed by atoms with Crippen molar-refractivity contribution in [3.05, 3.63) is 21.1 Å². The maximum Gasteiger partial charge on any atom is 0.147 e. The van der Waals surface area contributed by atoms with Crippen molar-refractivity contribution in [1.82, 2.24) is 9.97 Å². The van der Waals surface area contributed by atoms with Gasteiger partial charge in [-0.05, 0) is 28.8 Å². The van der Waals surface area contributed by atoms with E-state index in [9.17, 15) is 0 Å². The Morgan fingerprint density at radius 3 is 2.72 bits per heavy atom. The maximum atomic E-state index is 6.09. The summed E-state index contributed by atoms with van der Waals surface area (Å²) in [7, 11) is 1.66. The van der Waals surface area contributed by atoms with Crippen LogP contribution in [0.1, 0.15) is 30.3 Å². The first-order chi connectivity index (χ1) is 8.72. The summed E-state index contributed by atoms with van der Waals surface area (Å²) in [5.74, 6) is 1.30. The van der Waals surface area contributed by atoms with Gasteiger partial charge in [0.15, 0.2) is 0 Å². The highest BCUT2D eigenvalue weighted by molar-refractivity contribution is 9.10. The van der Waals surface area contributed by atoms with Crippen LogP contribution < -0.4 is 0 Å². The van der Waals surface area contributed by atoms with Gasteiger partial charge in [-0.1, -0.05) is 11.6 Å². The third-order valence-corrected chi connectivity index (χ3v) is 4.03. The molecule has 0 aliphatic heterocycles. The van der Waals surface area contributed by atoms with Crippen LogP contribution in [-0.4, -0.2) is 36.9 Å². The number of rotatable bonds is 7. The number of hydrogen-bond acceptors (Lipinski definition) is 4. The zero-order chi connectivity index (χ0) is 13.0. The van der Waals surface area contributed by atoms with Crippen LogP contribution in [0.3, 0.4) is 0 Å². The number of halogens is 2. The molecule has 0 bridgehead atoms. The first-order valence-electron chi connectivity index (χ1n) is 6.01. The molecule has 0 aromatic carbocycles. The Hall–Kier alpha value is -0.230. The fourth-order valence-electron chi connectivity index (χ4n) is 1.63. The first kappa shape index (κ1) is 14.2. The molecule has 1 fully saturated rings. The molecule has 0 spiro atoms. The van der Waals surface area contributed by atoms with E-state index in [0.717, 1.165) is 16.0 Å². The molecule has 0 atom stereocenters. The molecule has 6 heteroatoms. The van der Waals surface area contributed by atoms with Crippen molar-refractivity contribution in [1.29, 1.82) is 0 Å². The van der Waals surface area contributed by atoms with Gasteiger partial charge in [-0.25, -0.2) is 9.97 Å². The van der Waals surface area contributed by atoms with E-state index in [1.165, 1.54) is 12.8 Å². The second-order valence-electron chi connectivity index (χ2n) is 4.26. The molecule has 0 N–H and O–H groups in total. The van der Waals surface area contributed by atoms with E-state index in [-0.39, 0.29) is 0 Å². The van der Waals surface area contributed by atoms with E-state index in [1.807, 2.05) is 0 Å². The molecular weight excluding hydrogens is 320 g/mol. The summed E-state index contributed by atoms with van der Waals surface area (Å²) in [6.07, 6.45) is 3.06. The van der Waals surface area contributed by atoms with Crippen molar-refractivity contribution in [2.24, 2.45) is 0 Å². The average Bonchev–Trinajstić information content (AvgIpc) is 3.17. The Morgan fingerprint density at radius 1 is 1.28 bits per heavy atom. The Labute approximate surface area is 120 Å². The summed E-state index contributed by atoms with van der Waals surface area (Å²) < 4.78 is 11.2. The van der Waals surface area contributed by atoms with Crippen molar-refractivity contribution in [3.63, 3.8) is 0 Å². The minimum Gasteiger partial charge on any atom is -0.382 e. The Balaban J connectivity index is 1.92. The van der Waals surface area contributed by atoms with Crippen molar-refractivity contribution in [2.75, 3.05) is 26.9 Å². The first-order valence-corrected chi connectivity index (χ1v) is 7.18. The predicted molar refractivity (Wildman–Crippen MR) is 73.1 cm³/mol. The van der Waals surface area contributed by atoms with Gasteiger partial charge in [0.25, 0.3) is 0 Å². The Morgan fingerprint density at radius 2 is 2.06 bits per heavy atom. The number of aromatic nitrogens is 2. The predicted octanol–water partition coefficient (Wildman–Crippen LogP) is 2.98. The second kappa shape index (κ2) is 6.80. The van der Waals surface area contributed by atoms with E-state index in [4.69, 9.17) is 21.1 Å². The molecule has 4 nitrogen and oxygen atoms in total. The molecule has 1 aromatic rings. The molecule has 100 valence electrons. The van der Waals surface area contributed by atoms with Crippen molar-refractivity contribution in [2.45, 2.75) is 25.2 Å². The van der Waals surface area contributed by atoms with Gasteiger partial charge in [-0.15, -0.1) is 0 Å². The van der Waals surface area contributed by atoms with Gasteiger partial charge in [0.05, 0.1) is 30.0 Å². The highest BCUT2D eigenvalue weighted by Crippen LogP contribution is 2.43. The molecule has 1 aliphatic carbocycles. The van der Waals surface area contributed by atoms with E-state index >= 15 is 0 Å². The monoisotopic (exact) mass is 334 g/mol. The normalized spacial score (nSPS) is 15.1. The topological polar surface area (TPSA) is 44.2 Å². The zero-order valence-corrected chi connectivity index (χ0v) is 12.6. The number of methoxy groups -OCH3 is 1. The molecule has 0 amide bonds. The third-order valence-electron chi connectivity index (χ3n) is 2.75.